The number of para-hydroxylation sites is 1. The second-order valence-corrected chi connectivity index (χ2v) is 21.8. The van der Waals surface area contributed by atoms with Crippen LogP contribution in [0.15, 0.2) is 84.4 Å². The maximum Gasteiger partial charge on any atom is 0.246 e. The summed E-state index contributed by atoms with van der Waals surface area (Å²) in [6.07, 6.45) is 1.89. The highest BCUT2D eigenvalue weighted by molar-refractivity contribution is 7.13. The zero-order chi connectivity index (χ0) is 52.1. The van der Waals surface area contributed by atoms with E-state index in [1.165, 1.54) is 4.90 Å². The Kier molecular flexibility index (Phi) is 16.4. The summed E-state index contributed by atoms with van der Waals surface area (Å²) in [5, 5.41) is 21.7. The number of aliphatic hydroxyl groups excluding tert-OH is 1. The van der Waals surface area contributed by atoms with Crippen molar-refractivity contribution in [2.75, 3.05) is 11.4 Å². The topological polar surface area (TPSA) is 239 Å². The van der Waals surface area contributed by atoms with Crippen LogP contribution in [-0.4, -0.2) is 99.4 Å². The van der Waals surface area contributed by atoms with Crippen LogP contribution < -0.4 is 32.3 Å². The summed E-state index contributed by atoms with van der Waals surface area (Å²) in [7, 11) is 0. The lowest BCUT2D eigenvalue weighted by molar-refractivity contribution is -0.144. The first-order valence-corrected chi connectivity index (χ1v) is 26.2. The van der Waals surface area contributed by atoms with Gasteiger partial charge in [0.2, 0.25) is 35.4 Å². The molecule has 17 heteroatoms. The van der Waals surface area contributed by atoms with E-state index >= 15 is 0 Å². The molecule has 0 bridgehead atoms. The van der Waals surface area contributed by atoms with Crippen LogP contribution >= 0.6 is 11.3 Å². The van der Waals surface area contributed by atoms with E-state index in [9.17, 15) is 33.9 Å². The van der Waals surface area contributed by atoms with Crippen molar-refractivity contribution in [3.63, 3.8) is 0 Å². The van der Waals surface area contributed by atoms with Crippen LogP contribution in [-0.2, 0) is 65.9 Å². The number of hydrogen-bond donors (Lipinski definition) is 6. The van der Waals surface area contributed by atoms with Crippen LogP contribution in [0.1, 0.15) is 99.7 Å². The number of ether oxygens (including phenoxy) is 1. The van der Waals surface area contributed by atoms with E-state index in [0.717, 1.165) is 60.4 Å². The van der Waals surface area contributed by atoms with Crippen LogP contribution in [0.2, 0.25) is 0 Å². The number of aryl methyl sites for hydroxylation is 3. The molecule has 73 heavy (non-hydrogen) atoms. The van der Waals surface area contributed by atoms with Crippen LogP contribution in [0.3, 0.4) is 0 Å². The third-order valence-electron chi connectivity index (χ3n) is 14.4. The Labute approximate surface area is 430 Å². The van der Waals surface area contributed by atoms with Gasteiger partial charge in [0, 0.05) is 38.8 Å². The van der Waals surface area contributed by atoms with Crippen molar-refractivity contribution in [1.82, 2.24) is 25.8 Å². The van der Waals surface area contributed by atoms with Crippen molar-refractivity contribution in [1.29, 1.82) is 0 Å². The normalized spacial score (nSPS) is 19.7. The quantitative estimate of drug-likeness (QED) is 0.0625. The van der Waals surface area contributed by atoms with Gasteiger partial charge in [0.05, 0.1) is 52.7 Å². The second kappa shape index (κ2) is 22.7. The van der Waals surface area contributed by atoms with Gasteiger partial charge in [-0.05, 0) is 102 Å². The Bertz CT molecular complexity index is 2860. The van der Waals surface area contributed by atoms with E-state index in [-0.39, 0.29) is 69.0 Å². The van der Waals surface area contributed by atoms with E-state index in [4.69, 9.17) is 16.2 Å². The smallest absolute Gasteiger partial charge is 0.246 e. The average molecular weight is 1010 g/mol. The molecule has 0 radical (unpaired) electrons. The molecule has 3 aliphatic heterocycles. The van der Waals surface area contributed by atoms with E-state index in [1.54, 1.807) is 16.2 Å². The van der Waals surface area contributed by atoms with E-state index < -0.39 is 59.6 Å². The molecule has 7 atom stereocenters. The van der Waals surface area contributed by atoms with Crippen molar-refractivity contribution >= 4 is 63.2 Å². The summed E-state index contributed by atoms with van der Waals surface area (Å²) in [5.41, 5.74) is 20.5. The molecule has 386 valence electrons. The van der Waals surface area contributed by atoms with Gasteiger partial charge in [-0.3, -0.25) is 33.7 Å². The number of thiazole rings is 1. The van der Waals surface area contributed by atoms with Crippen molar-refractivity contribution in [2.45, 2.75) is 148 Å². The predicted molar refractivity (Wildman–Crippen MR) is 281 cm³/mol. The Morgan fingerprint density at radius 1 is 0.904 bits per heavy atom. The molecule has 0 unspecified atom stereocenters. The number of rotatable bonds is 19. The van der Waals surface area contributed by atoms with Crippen molar-refractivity contribution in [3.05, 3.63) is 118 Å². The fourth-order valence-corrected chi connectivity index (χ4v) is 11.1. The van der Waals surface area contributed by atoms with Gasteiger partial charge in [0.25, 0.3) is 0 Å². The van der Waals surface area contributed by atoms with E-state index in [1.807, 2.05) is 113 Å². The molecule has 0 saturated carbocycles. The summed E-state index contributed by atoms with van der Waals surface area (Å²) in [6.45, 7) is 9.91. The van der Waals surface area contributed by atoms with Gasteiger partial charge in [-0.2, -0.15) is 0 Å². The van der Waals surface area contributed by atoms with Gasteiger partial charge in [-0.1, -0.05) is 93.6 Å². The monoisotopic (exact) mass is 1010 g/mol. The minimum Gasteiger partial charge on any atom is -0.391 e. The predicted octanol–water partition coefficient (Wildman–Crippen LogP) is 5.29. The second-order valence-electron chi connectivity index (χ2n) is 20.9. The number of aliphatic hydroxyl groups is 1. The van der Waals surface area contributed by atoms with Crippen LogP contribution in [0.4, 0.5) is 5.69 Å². The first-order chi connectivity index (χ1) is 34.8. The van der Waals surface area contributed by atoms with Gasteiger partial charge < -0.3 is 42.2 Å². The maximum absolute atomic E-state index is 14.2. The van der Waals surface area contributed by atoms with Crippen molar-refractivity contribution in [2.24, 2.45) is 16.9 Å². The van der Waals surface area contributed by atoms with Crippen LogP contribution in [0.5, 0.6) is 0 Å². The Morgan fingerprint density at radius 3 is 2.30 bits per heavy atom. The Morgan fingerprint density at radius 2 is 1.60 bits per heavy atom. The fourth-order valence-electron chi connectivity index (χ4n) is 10.3. The van der Waals surface area contributed by atoms with E-state index in [2.05, 4.69) is 27.0 Å². The number of aromatic nitrogens is 1. The Balaban J connectivity index is 0.823. The van der Waals surface area contributed by atoms with Crippen LogP contribution in [0, 0.1) is 12.3 Å². The van der Waals surface area contributed by atoms with Gasteiger partial charge in [-0.25, -0.2) is 4.98 Å². The lowest BCUT2D eigenvalue weighted by atomic mass is 9.85. The van der Waals surface area contributed by atoms with Gasteiger partial charge in [0.15, 0.2) is 0 Å². The molecule has 8 rings (SSSR count). The highest BCUT2D eigenvalue weighted by Crippen LogP contribution is 2.39. The van der Waals surface area contributed by atoms with Gasteiger partial charge in [0.1, 0.15) is 18.1 Å². The van der Waals surface area contributed by atoms with Gasteiger partial charge >= 0.3 is 0 Å². The molecule has 6 amide bonds. The molecule has 4 heterocycles. The zero-order valence-corrected chi connectivity index (χ0v) is 43.1. The van der Waals surface area contributed by atoms with Crippen molar-refractivity contribution in [3.8, 4) is 10.4 Å². The number of amides is 6. The molecule has 1 aromatic heterocycles. The minimum atomic E-state index is -0.921. The summed E-state index contributed by atoms with van der Waals surface area (Å²) in [6, 6.07) is 22.1. The third-order valence-corrected chi connectivity index (χ3v) is 15.4. The molecular weight excluding hydrogens is 945 g/mol. The number of hydrogen-bond acceptors (Lipinski definition) is 11. The molecule has 4 aromatic carbocycles. The summed E-state index contributed by atoms with van der Waals surface area (Å²) in [4.78, 5) is 88.9. The minimum absolute atomic E-state index is 0.00594. The summed E-state index contributed by atoms with van der Waals surface area (Å²) >= 11 is 1.57. The fraction of sp³-hybridized carbons (Fsp3) is 0.446. The number of anilines is 1. The molecule has 1 fully saturated rings. The number of carbonyl (C=O) groups excluding carboxylic acids is 6. The van der Waals surface area contributed by atoms with Crippen molar-refractivity contribution < 1.29 is 38.6 Å². The molecule has 8 N–H and O–H groups in total. The first kappa shape index (κ1) is 52.8. The molecule has 0 aliphatic carbocycles. The number of carbonyl (C=O) groups is 6. The lowest BCUT2D eigenvalue weighted by Crippen LogP contribution is -2.57. The zero-order valence-electron chi connectivity index (χ0n) is 42.3. The lowest BCUT2D eigenvalue weighted by Gasteiger charge is -2.35. The molecule has 1 saturated heterocycles. The summed E-state index contributed by atoms with van der Waals surface area (Å²) < 4.78 is 6.33. The standard InChI is InChI=1S/C56H68N8O8S/c1-32-50(73-31-60-32)38-16-13-35(14-17-38)28-59-52(68)45-27-42(65)29-63(45)55(71)51(56(3,4)5)62-48(67)11-6-8-34-12-18-40-25-36(15-19-39(40)24-34)30-72-33(2)44(22-23-47(58)66)61-53(69)46-26-41-10-7-9-37-20-21-43(57)54(70)64(46)49(37)41/h7,9-10,12-19,24-25,31,33,42-46,51,65H,6,8,11,20-23,26-30,57H2,1-5H3,(H2,58,66)(H,59,68)(H,61,69)(H,62,67)/t33-,42-,43+,44+,45+,46+,51-/m1/s1. The number of nitrogens with two attached hydrogens (primary N) is 2. The number of β-amino-alcohol motifs (C(OH)–C–C–N with tert-alkyl or cyclic N) is 1. The maximum atomic E-state index is 14.2. The highest BCUT2D eigenvalue weighted by atomic mass is 32.1. The number of likely N-dealkylation sites (tertiary alicyclic amines) is 1. The largest absolute Gasteiger partial charge is 0.391 e. The first-order valence-electron chi connectivity index (χ1n) is 25.3. The highest BCUT2D eigenvalue weighted by Gasteiger charge is 2.45. The molecule has 16 nitrogen and oxygen atoms in total. The number of primary amides is 1. The molecule has 3 aliphatic rings. The number of fused-ring (bicyclic) bond motifs is 1. The number of benzene rings is 4. The number of nitrogens with zero attached hydrogens (tertiary/aromatic N) is 3. The SMILES string of the molecule is Cc1ncsc1-c1ccc(CNC(=O)[C@@H]2C[C@@H](O)CN2C(=O)[C@@H](NC(=O)CCCc2ccc3cc(CO[C@H](C)[C@H](CCC(N)=O)NC(=O)[C@@H]4Cc5cccc6c5N4C(=O)[C@@H](N)CC6)ccc3c2)C(C)(C)C)cc1. The molecular formula is C56H68N8O8S. The summed E-state index contributed by atoms with van der Waals surface area (Å²) in [5.74, 6) is -2.15. The van der Waals surface area contributed by atoms with Gasteiger partial charge in [-0.15, -0.1) is 11.3 Å². The third kappa shape index (κ3) is 12.5. The number of nitrogens with one attached hydrogen (secondary N) is 3. The molecule has 0 spiro atoms. The Hall–Kier alpha value is -6.53. The van der Waals surface area contributed by atoms with Crippen LogP contribution in [0.25, 0.3) is 21.2 Å². The molecule has 5 aromatic rings. The van der Waals surface area contributed by atoms with E-state index in [0.29, 0.717) is 32.1 Å². The average Bonchev–Trinajstić information content (AvgIpc) is 4.08.